The summed E-state index contributed by atoms with van der Waals surface area (Å²) in [6.07, 6.45) is 0. The van der Waals surface area contributed by atoms with Crippen LogP contribution in [0, 0.1) is 0 Å². The fourth-order valence-corrected chi connectivity index (χ4v) is 1.10. The highest BCUT2D eigenvalue weighted by Gasteiger charge is 2.15. The van der Waals surface area contributed by atoms with Crippen LogP contribution >= 0.6 is 0 Å². The summed E-state index contributed by atoms with van der Waals surface area (Å²) < 4.78 is 25.2. The van der Waals surface area contributed by atoms with Crippen LogP contribution in [0.1, 0.15) is 6.55 Å². The molecule has 0 saturated carbocycles. The second kappa shape index (κ2) is 3.49. The minimum Gasteiger partial charge on any atom is -0.184 e. The second-order valence-electron chi connectivity index (χ2n) is 2.59. The van der Waals surface area contributed by atoms with E-state index in [2.05, 4.69) is 15.5 Å². The third-order valence-corrected chi connectivity index (χ3v) is 1.71. The van der Waals surface area contributed by atoms with Crippen molar-refractivity contribution in [2.45, 2.75) is 6.55 Å². The Kier molecular flexibility index (Phi) is 2.18. The highest BCUT2D eigenvalue weighted by molar-refractivity contribution is 5.53. The van der Waals surface area contributed by atoms with E-state index in [0.717, 1.165) is 0 Å². The normalized spacial score (nSPS) is 10.8. The van der Waals surface area contributed by atoms with Crippen LogP contribution in [-0.4, -0.2) is 20.2 Å². The predicted octanol–water partition coefficient (Wildman–Crippen LogP) is 1.74. The zero-order chi connectivity index (χ0) is 9.97. The van der Waals surface area contributed by atoms with E-state index in [1.165, 1.54) is 0 Å². The van der Waals surface area contributed by atoms with Gasteiger partial charge in [-0.05, 0) is 10.4 Å². The van der Waals surface area contributed by atoms with Crippen molar-refractivity contribution < 1.29 is 8.78 Å². The molecule has 0 bridgehead atoms. The molecule has 0 aliphatic rings. The molecular formula is C8H6F2N4. The Labute approximate surface area is 78.2 Å². The highest BCUT2D eigenvalue weighted by atomic mass is 19.3. The van der Waals surface area contributed by atoms with E-state index < -0.39 is 6.55 Å². The summed E-state index contributed by atoms with van der Waals surface area (Å²) in [6.45, 7) is -2.72. The molecule has 0 spiro atoms. The van der Waals surface area contributed by atoms with Crippen molar-refractivity contribution in [2.75, 3.05) is 0 Å². The molecule has 0 unspecified atom stereocenters. The lowest BCUT2D eigenvalue weighted by atomic mass is 10.2. The summed E-state index contributed by atoms with van der Waals surface area (Å²) in [5.41, 5.74) is 0.567. The summed E-state index contributed by atoms with van der Waals surface area (Å²) in [7, 11) is 0. The largest absolute Gasteiger partial charge is 0.336 e. The van der Waals surface area contributed by atoms with Crippen molar-refractivity contribution in [3.63, 3.8) is 0 Å². The summed E-state index contributed by atoms with van der Waals surface area (Å²) in [6, 6.07) is 8.61. The maximum atomic E-state index is 12.4. The molecule has 0 radical (unpaired) electrons. The Hall–Kier alpha value is -1.85. The first-order valence-corrected chi connectivity index (χ1v) is 3.90. The van der Waals surface area contributed by atoms with Gasteiger partial charge in [0.15, 0.2) is 5.82 Å². The fraction of sp³-hybridized carbons (Fsp3) is 0.125. The zero-order valence-corrected chi connectivity index (χ0v) is 7.01. The monoisotopic (exact) mass is 196 g/mol. The molecule has 0 aliphatic carbocycles. The van der Waals surface area contributed by atoms with E-state index in [1.54, 1.807) is 30.3 Å². The minimum atomic E-state index is -2.72. The maximum absolute atomic E-state index is 12.4. The molecule has 1 heterocycles. The van der Waals surface area contributed by atoms with Gasteiger partial charge >= 0.3 is 6.55 Å². The van der Waals surface area contributed by atoms with E-state index in [9.17, 15) is 8.78 Å². The van der Waals surface area contributed by atoms with Gasteiger partial charge in [0, 0.05) is 5.56 Å². The fourth-order valence-electron chi connectivity index (χ4n) is 1.10. The molecule has 4 nitrogen and oxygen atoms in total. The van der Waals surface area contributed by atoms with Gasteiger partial charge in [-0.15, -0.1) is 5.10 Å². The quantitative estimate of drug-likeness (QED) is 0.734. The van der Waals surface area contributed by atoms with Crippen LogP contribution in [0.5, 0.6) is 0 Å². The first-order valence-electron chi connectivity index (χ1n) is 3.90. The Morgan fingerprint density at radius 3 is 2.50 bits per heavy atom. The molecule has 0 aliphatic heterocycles. The van der Waals surface area contributed by atoms with Crippen LogP contribution in [-0.2, 0) is 0 Å². The molecule has 0 N–H and O–H groups in total. The Morgan fingerprint density at radius 1 is 1.14 bits per heavy atom. The lowest BCUT2D eigenvalue weighted by Crippen LogP contribution is -2.02. The van der Waals surface area contributed by atoms with Crippen LogP contribution < -0.4 is 0 Å². The SMILES string of the molecule is FC(F)n1nnnc1-c1ccccc1. The maximum Gasteiger partial charge on any atom is 0.336 e. The molecule has 0 amide bonds. The second-order valence-corrected chi connectivity index (χ2v) is 2.59. The smallest absolute Gasteiger partial charge is 0.184 e. The number of alkyl halides is 2. The molecule has 2 rings (SSSR count). The number of benzene rings is 1. The van der Waals surface area contributed by atoms with Gasteiger partial charge in [-0.2, -0.15) is 13.5 Å². The van der Waals surface area contributed by atoms with Crippen LogP contribution in [0.25, 0.3) is 11.4 Å². The molecule has 0 fully saturated rings. The van der Waals surface area contributed by atoms with Crippen molar-refractivity contribution in [3.8, 4) is 11.4 Å². The van der Waals surface area contributed by atoms with Gasteiger partial charge in [0.1, 0.15) is 0 Å². The summed E-state index contributed by atoms with van der Waals surface area (Å²) in [4.78, 5) is 0. The Morgan fingerprint density at radius 2 is 1.86 bits per heavy atom. The number of hydrogen-bond acceptors (Lipinski definition) is 3. The van der Waals surface area contributed by atoms with Crippen LogP contribution in [0.2, 0.25) is 0 Å². The average molecular weight is 196 g/mol. The summed E-state index contributed by atoms with van der Waals surface area (Å²) in [5.74, 6) is 0.0700. The first kappa shape index (κ1) is 8.74. The summed E-state index contributed by atoms with van der Waals surface area (Å²) in [5, 5.41) is 9.93. The van der Waals surface area contributed by atoms with Crippen LogP contribution in [0.4, 0.5) is 8.78 Å². The number of aromatic nitrogens is 4. The van der Waals surface area contributed by atoms with E-state index in [-0.39, 0.29) is 5.82 Å². The van der Waals surface area contributed by atoms with Gasteiger partial charge in [-0.25, -0.2) is 0 Å². The van der Waals surface area contributed by atoms with E-state index in [0.29, 0.717) is 10.2 Å². The number of rotatable bonds is 2. The van der Waals surface area contributed by atoms with Crippen LogP contribution in [0.15, 0.2) is 30.3 Å². The third kappa shape index (κ3) is 1.46. The molecule has 0 saturated heterocycles. The average Bonchev–Trinajstić information content (AvgIpc) is 2.67. The van der Waals surface area contributed by atoms with Crippen molar-refractivity contribution in [3.05, 3.63) is 30.3 Å². The van der Waals surface area contributed by atoms with Gasteiger partial charge < -0.3 is 0 Å². The van der Waals surface area contributed by atoms with Gasteiger partial charge in [0.2, 0.25) is 0 Å². The Bertz CT molecular complexity index is 412. The number of hydrogen-bond donors (Lipinski definition) is 0. The van der Waals surface area contributed by atoms with Gasteiger partial charge in [-0.3, -0.25) is 0 Å². The molecule has 6 heteroatoms. The topological polar surface area (TPSA) is 43.6 Å². The van der Waals surface area contributed by atoms with Gasteiger partial charge in [0.05, 0.1) is 0 Å². The van der Waals surface area contributed by atoms with Crippen molar-refractivity contribution in [2.24, 2.45) is 0 Å². The van der Waals surface area contributed by atoms with E-state index >= 15 is 0 Å². The number of halogens is 2. The molecule has 1 aromatic carbocycles. The molecule has 2 aromatic rings. The summed E-state index contributed by atoms with van der Waals surface area (Å²) >= 11 is 0. The van der Waals surface area contributed by atoms with Crippen molar-refractivity contribution in [1.82, 2.24) is 20.2 Å². The molecule has 1 aromatic heterocycles. The molecule has 0 atom stereocenters. The van der Waals surface area contributed by atoms with Crippen molar-refractivity contribution in [1.29, 1.82) is 0 Å². The first-order chi connectivity index (χ1) is 6.79. The van der Waals surface area contributed by atoms with Crippen molar-refractivity contribution >= 4 is 0 Å². The number of nitrogens with zero attached hydrogens (tertiary/aromatic N) is 4. The molecule has 14 heavy (non-hydrogen) atoms. The van der Waals surface area contributed by atoms with E-state index in [4.69, 9.17) is 0 Å². The lowest BCUT2D eigenvalue weighted by Gasteiger charge is -2.01. The standard InChI is InChI=1S/C8H6F2N4/c9-8(10)14-7(11-12-13-14)6-4-2-1-3-5-6/h1-5,8H. The Balaban J connectivity index is 2.47. The predicted molar refractivity (Wildman–Crippen MR) is 44.5 cm³/mol. The minimum absolute atomic E-state index is 0.0700. The molecular weight excluding hydrogens is 190 g/mol. The lowest BCUT2D eigenvalue weighted by molar-refractivity contribution is 0.0564. The van der Waals surface area contributed by atoms with Crippen LogP contribution in [0.3, 0.4) is 0 Å². The highest BCUT2D eigenvalue weighted by Crippen LogP contribution is 2.19. The van der Waals surface area contributed by atoms with Gasteiger partial charge in [-0.1, -0.05) is 30.3 Å². The third-order valence-electron chi connectivity index (χ3n) is 1.71. The molecule has 72 valence electrons. The van der Waals surface area contributed by atoms with Gasteiger partial charge in [0.25, 0.3) is 0 Å². The number of tetrazole rings is 1. The zero-order valence-electron chi connectivity index (χ0n) is 7.01. The van der Waals surface area contributed by atoms with E-state index in [1.807, 2.05) is 0 Å².